The Morgan fingerprint density at radius 1 is 1.42 bits per heavy atom. The number of aromatic nitrogens is 2. The van der Waals surface area contributed by atoms with Crippen LogP contribution in [0.25, 0.3) is 0 Å². The van der Waals surface area contributed by atoms with Crippen LogP contribution in [0.1, 0.15) is 17.3 Å². The third kappa shape index (κ3) is 3.41. The second-order valence-electron chi connectivity index (χ2n) is 3.79. The first-order valence-electron chi connectivity index (χ1n) is 5.81. The van der Waals surface area contributed by atoms with Gasteiger partial charge in [-0.3, -0.25) is 4.79 Å². The van der Waals surface area contributed by atoms with E-state index in [-0.39, 0.29) is 5.91 Å². The molecule has 0 spiro atoms. The summed E-state index contributed by atoms with van der Waals surface area (Å²) in [4.78, 5) is 12.0. The van der Waals surface area contributed by atoms with E-state index in [0.29, 0.717) is 29.4 Å². The molecule has 1 aromatic carbocycles. The van der Waals surface area contributed by atoms with Crippen LogP contribution in [0.15, 0.2) is 36.5 Å². The van der Waals surface area contributed by atoms with Crippen LogP contribution in [0.4, 0.5) is 11.5 Å². The van der Waals surface area contributed by atoms with Crippen LogP contribution in [-0.4, -0.2) is 22.7 Å². The molecular weight excluding hydrogens is 244 g/mol. The van der Waals surface area contributed by atoms with E-state index in [1.165, 1.54) is 6.20 Å². The summed E-state index contributed by atoms with van der Waals surface area (Å²) in [5, 5.41) is 10.1. The highest BCUT2D eigenvalue weighted by atomic mass is 16.5. The molecule has 2 aromatic rings. The van der Waals surface area contributed by atoms with E-state index in [4.69, 9.17) is 10.5 Å². The Morgan fingerprint density at radius 2 is 2.26 bits per heavy atom. The number of benzene rings is 1. The summed E-state index contributed by atoms with van der Waals surface area (Å²) in [7, 11) is 0. The molecule has 6 heteroatoms. The molecule has 1 aromatic heterocycles. The summed E-state index contributed by atoms with van der Waals surface area (Å²) in [5.74, 6) is 0.633. The number of nitrogens with zero attached hydrogens (tertiary/aromatic N) is 2. The molecule has 0 bridgehead atoms. The molecule has 19 heavy (non-hydrogen) atoms. The van der Waals surface area contributed by atoms with E-state index in [1.54, 1.807) is 30.3 Å². The third-order valence-electron chi connectivity index (χ3n) is 2.32. The number of nitrogen functional groups attached to an aromatic ring is 1. The number of nitrogens with one attached hydrogen (secondary N) is 1. The fourth-order valence-corrected chi connectivity index (χ4v) is 1.56. The molecule has 2 rings (SSSR count). The quantitative estimate of drug-likeness (QED) is 0.815. The zero-order chi connectivity index (χ0) is 13.7. The predicted octanol–water partition coefficient (Wildman–Crippen LogP) is 1.71. The van der Waals surface area contributed by atoms with Gasteiger partial charge in [-0.1, -0.05) is 0 Å². The first-order valence-corrected chi connectivity index (χ1v) is 5.81. The molecule has 0 aliphatic heterocycles. The van der Waals surface area contributed by atoms with Crippen molar-refractivity contribution in [2.24, 2.45) is 0 Å². The number of rotatable bonds is 4. The molecule has 3 N–H and O–H groups in total. The standard InChI is InChI=1S/C13H14N4O2/c1-2-19-11-7-9(6-10(14)8-11)13(18)16-12-4-3-5-15-17-12/h3-8H,2,14H2,1H3,(H,16,17,18). The van der Waals surface area contributed by atoms with Crippen molar-refractivity contribution in [3.05, 3.63) is 42.1 Å². The Hall–Kier alpha value is -2.63. The molecule has 0 fully saturated rings. The predicted molar refractivity (Wildman–Crippen MR) is 72.0 cm³/mol. The van der Waals surface area contributed by atoms with E-state index in [2.05, 4.69) is 15.5 Å². The highest BCUT2D eigenvalue weighted by molar-refractivity contribution is 6.04. The first kappa shape index (κ1) is 12.8. The van der Waals surface area contributed by atoms with Crippen molar-refractivity contribution in [3.8, 4) is 5.75 Å². The summed E-state index contributed by atoms with van der Waals surface area (Å²) in [5.41, 5.74) is 6.61. The minimum Gasteiger partial charge on any atom is -0.494 e. The Balaban J connectivity index is 2.19. The van der Waals surface area contributed by atoms with E-state index >= 15 is 0 Å². The molecule has 1 amide bonds. The van der Waals surface area contributed by atoms with Gasteiger partial charge in [0.25, 0.3) is 5.91 Å². The maximum atomic E-state index is 12.0. The molecule has 0 aliphatic carbocycles. The Morgan fingerprint density at radius 3 is 2.95 bits per heavy atom. The summed E-state index contributed by atoms with van der Waals surface area (Å²) < 4.78 is 5.34. The molecule has 0 radical (unpaired) electrons. The maximum absolute atomic E-state index is 12.0. The van der Waals surface area contributed by atoms with Crippen molar-refractivity contribution >= 4 is 17.4 Å². The molecule has 1 heterocycles. The molecule has 0 atom stereocenters. The molecule has 6 nitrogen and oxygen atoms in total. The van der Waals surface area contributed by atoms with Crippen LogP contribution in [0.3, 0.4) is 0 Å². The van der Waals surface area contributed by atoms with Crippen LogP contribution in [0.2, 0.25) is 0 Å². The minimum absolute atomic E-state index is 0.311. The average Bonchev–Trinajstić information content (AvgIpc) is 2.39. The lowest BCUT2D eigenvalue weighted by molar-refractivity contribution is 0.102. The lowest BCUT2D eigenvalue weighted by Gasteiger charge is -2.08. The van der Waals surface area contributed by atoms with Crippen LogP contribution in [-0.2, 0) is 0 Å². The second-order valence-corrected chi connectivity index (χ2v) is 3.79. The van der Waals surface area contributed by atoms with Gasteiger partial charge in [-0.15, -0.1) is 5.10 Å². The van der Waals surface area contributed by atoms with Crippen molar-refractivity contribution in [2.75, 3.05) is 17.7 Å². The zero-order valence-electron chi connectivity index (χ0n) is 10.5. The number of amides is 1. The van der Waals surface area contributed by atoms with Gasteiger partial charge in [0.2, 0.25) is 0 Å². The topological polar surface area (TPSA) is 90.1 Å². The number of carbonyl (C=O) groups excluding carboxylic acids is 1. The van der Waals surface area contributed by atoms with Crippen molar-refractivity contribution in [1.82, 2.24) is 10.2 Å². The van der Waals surface area contributed by atoms with Crippen molar-refractivity contribution in [1.29, 1.82) is 0 Å². The average molecular weight is 258 g/mol. The fourth-order valence-electron chi connectivity index (χ4n) is 1.56. The van der Waals surface area contributed by atoms with Crippen LogP contribution in [0, 0.1) is 0 Å². The van der Waals surface area contributed by atoms with Gasteiger partial charge in [-0.2, -0.15) is 5.10 Å². The molecular formula is C13H14N4O2. The summed E-state index contributed by atoms with van der Waals surface area (Å²) in [6, 6.07) is 8.22. The third-order valence-corrected chi connectivity index (χ3v) is 2.32. The monoisotopic (exact) mass is 258 g/mol. The van der Waals surface area contributed by atoms with Gasteiger partial charge in [0, 0.05) is 23.5 Å². The lowest BCUT2D eigenvalue weighted by atomic mass is 10.1. The Kier molecular flexibility index (Phi) is 3.92. The summed E-state index contributed by atoms with van der Waals surface area (Å²) in [6.45, 7) is 2.37. The summed E-state index contributed by atoms with van der Waals surface area (Å²) in [6.07, 6.45) is 1.53. The number of ether oxygens (including phenoxy) is 1. The van der Waals surface area contributed by atoms with Gasteiger partial charge in [-0.25, -0.2) is 0 Å². The summed E-state index contributed by atoms with van der Waals surface area (Å²) >= 11 is 0. The van der Waals surface area contributed by atoms with Gasteiger partial charge in [0.1, 0.15) is 5.75 Å². The molecule has 0 aliphatic rings. The molecule has 98 valence electrons. The number of hydrogen-bond acceptors (Lipinski definition) is 5. The lowest BCUT2D eigenvalue weighted by Crippen LogP contribution is -2.13. The number of hydrogen-bond donors (Lipinski definition) is 2. The Bertz CT molecular complexity index is 572. The SMILES string of the molecule is CCOc1cc(N)cc(C(=O)Nc2cccnn2)c1. The zero-order valence-corrected chi connectivity index (χ0v) is 10.5. The molecule has 0 saturated heterocycles. The van der Waals surface area contributed by atoms with Gasteiger partial charge < -0.3 is 15.8 Å². The second kappa shape index (κ2) is 5.81. The fraction of sp³-hybridized carbons (Fsp3) is 0.154. The van der Waals surface area contributed by atoms with Gasteiger partial charge >= 0.3 is 0 Å². The van der Waals surface area contributed by atoms with Crippen molar-refractivity contribution in [2.45, 2.75) is 6.92 Å². The van der Waals surface area contributed by atoms with Crippen LogP contribution < -0.4 is 15.8 Å². The normalized spacial score (nSPS) is 9.95. The van der Waals surface area contributed by atoms with Gasteiger partial charge in [-0.05, 0) is 31.2 Å². The largest absolute Gasteiger partial charge is 0.494 e. The highest BCUT2D eigenvalue weighted by Gasteiger charge is 2.09. The highest BCUT2D eigenvalue weighted by Crippen LogP contribution is 2.19. The number of anilines is 2. The van der Waals surface area contributed by atoms with E-state index in [0.717, 1.165) is 0 Å². The van der Waals surface area contributed by atoms with E-state index in [9.17, 15) is 4.79 Å². The van der Waals surface area contributed by atoms with E-state index in [1.807, 2.05) is 6.92 Å². The Labute approximate surface area is 110 Å². The van der Waals surface area contributed by atoms with Crippen molar-refractivity contribution < 1.29 is 9.53 Å². The van der Waals surface area contributed by atoms with Crippen LogP contribution in [0.5, 0.6) is 5.75 Å². The first-order chi connectivity index (χ1) is 9.19. The number of nitrogens with two attached hydrogens (primary N) is 1. The molecule has 0 saturated carbocycles. The van der Waals surface area contributed by atoms with Crippen molar-refractivity contribution in [3.63, 3.8) is 0 Å². The van der Waals surface area contributed by atoms with Crippen LogP contribution >= 0.6 is 0 Å². The van der Waals surface area contributed by atoms with Gasteiger partial charge in [0.05, 0.1) is 6.61 Å². The smallest absolute Gasteiger partial charge is 0.257 e. The number of carbonyl (C=O) groups is 1. The van der Waals surface area contributed by atoms with E-state index < -0.39 is 0 Å². The molecule has 0 unspecified atom stereocenters. The maximum Gasteiger partial charge on any atom is 0.257 e. The minimum atomic E-state index is -0.311. The van der Waals surface area contributed by atoms with Gasteiger partial charge in [0.15, 0.2) is 5.82 Å².